The molecule has 2 aromatic rings. The zero-order valence-electron chi connectivity index (χ0n) is 10.6. The molecule has 0 radical (unpaired) electrons. The zero-order chi connectivity index (χ0) is 13.6. The minimum absolute atomic E-state index is 0.165. The Bertz CT molecular complexity index is 644. The fourth-order valence-electron chi connectivity index (χ4n) is 2.31. The first-order valence-electron chi connectivity index (χ1n) is 5.90. The van der Waals surface area contributed by atoms with E-state index in [-0.39, 0.29) is 6.54 Å². The van der Waals surface area contributed by atoms with Crippen molar-refractivity contribution < 1.29 is 14.5 Å². The van der Waals surface area contributed by atoms with Crippen LogP contribution in [0.4, 0.5) is 10.5 Å². The predicted octanol–water partition coefficient (Wildman–Crippen LogP) is 2.70. The van der Waals surface area contributed by atoms with E-state index >= 15 is 0 Å². The SMILES string of the molecule is Cc1noc(C)c1-c1ccc2c(c1)CN(O)C(=O)N2. The van der Waals surface area contributed by atoms with Gasteiger partial charge in [0.1, 0.15) is 5.76 Å². The molecule has 98 valence electrons. The largest absolute Gasteiger partial charge is 0.361 e. The number of carbonyl (C=O) groups excluding carboxylic acids is 1. The van der Waals surface area contributed by atoms with E-state index in [0.717, 1.165) is 28.1 Å². The fraction of sp³-hybridized carbons (Fsp3) is 0.231. The lowest BCUT2D eigenvalue weighted by molar-refractivity contribution is -0.0469. The van der Waals surface area contributed by atoms with Crippen molar-refractivity contribution in [1.82, 2.24) is 10.2 Å². The molecule has 0 spiro atoms. The molecule has 0 saturated carbocycles. The maximum Gasteiger partial charge on any atom is 0.345 e. The summed E-state index contributed by atoms with van der Waals surface area (Å²) in [4.78, 5) is 11.3. The van der Waals surface area contributed by atoms with Gasteiger partial charge in [-0.1, -0.05) is 11.2 Å². The van der Waals surface area contributed by atoms with Crippen LogP contribution in [0.3, 0.4) is 0 Å². The maximum absolute atomic E-state index is 11.3. The summed E-state index contributed by atoms with van der Waals surface area (Å²) >= 11 is 0. The Morgan fingerprint density at radius 2 is 2.21 bits per heavy atom. The minimum Gasteiger partial charge on any atom is -0.361 e. The van der Waals surface area contributed by atoms with E-state index in [1.807, 2.05) is 32.0 Å². The normalized spacial score (nSPS) is 14.3. The van der Waals surface area contributed by atoms with Gasteiger partial charge < -0.3 is 9.84 Å². The standard InChI is InChI=1S/C13H13N3O3/c1-7-12(8(2)19-15-7)9-3-4-11-10(5-9)6-16(18)13(17)14-11/h3-5,18H,6H2,1-2H3,(H,14,17). The Labute approximate surface area is 109 Å². The minimum atomic E-state index is -0.516. The summed E-state index contributed by atoms with van der Waals surface area (Å²) in [6, 6.07) is 5.13. The molecular formula is C13H13N3O3. The summed E-state index contributed by atoms with van der Waals surface area (Å²) in [5, 5.41) is 16.6. The van der Waals surface area contributed by atoms with Gasteiger partial charge in [0.05, 0.1) is 12.2 Å². The second-order valence-electron chi connectivity index (χ2n) is 4.56. The number of benzene rings is 1. The molecular weight excluding hydrogens is 246 g/mol. The second-order valence-corrected chi connectivity index (χ2v) is 4.56. The molecule has 0 atom stereocenters. The van der Waals surface area contributed by atoms with Crippen molar-refractivity contribution in [3.8, 4) is 11.1 Å². The van der Waals surface area contributed by atoms with Crippen LogP contribution in [-0.4, -0.2) is 21.5 Å². The number of rotatable bonds is 1. The Morgan fingerprint density at radius 3 is 2.89 bits per heavy atom. The van der Waals surface area contributed by atoms with E-state index in [1.54, 1.807) is 0 Å². The monoisotopic (exact) mass is 259 g/mol. The van der Waals surface area contributed by atoms with Crippen LogP contribution in [0.2, 0.25) is 0 Å². The Morgan fingerprint density at radius 1 is 1.42 bits per heavy atom. The van der Waals surface area contributed by atoms with Crippen molar-refractivity contribution in [2.45, 2.75) is 20.4 Å². The first kappa shape index (κ1) is 11.7. The number of anilines is 1. The van der Waals surface area contributed by atoms with Gasteiger partial charge in [-0.05, 0) is 37.1 Å². The van der Waals surface area contributed by atoms with E-state index in [4.69, 9.17) is 4.52 Å². The molecule has 3 rings (SSSR count). The zero-order valence-corrected chi connectivity index (χ0v) is 10.6. The Kier molecular flexibility index (Phi) is 2.53. The predicted molar refractivity (Wildman–Crippen MR) is 67.8 cm³/mol. The molecule has 2 amide bonds. The molecule has 19 heavy (non-hydrogen) atoms. The fourth-order valence-corrected chi connectivity index (χ4v) is 2.31. The Balaban J connectivity index is 2.07. The van der Waals surface area contributed by atoms with Crippen LogP contribution in [0.25, 0.3) is 11.1 Å². The lowest BCUT2D eigenvalue weighted by atomic mass is 10.00. The molecule has 2 N–H and O–H groups in total. The average molecular weight is 259 g/mol. The van der Waals surface area contributed by atoms with Crippen LogP contribution in [0.15, 0.2) is 22.7 Å². The van der Waals surface area contributed by atoms with Gasteiger partial charge in [-0.3, -0.25) is 5.21 Å². The third kappa shape index (κ3) is 1.86. The second kappa shape index (κ2) is 4.10. The van der Waals surface area contributed by atoms with Crippen LogP contribution in [0.1, 0.15) is 17.0 Å². The number of amides is 2. The van der Waals surface area contributed by atoms with Crippen LogP contribution in [0.5, 0.6) is 0 Å². The van der Waals surface area contributed by atoms with Crippen LogP contribution >= 0.6 is 0 Å². The van der Waals surface area contributed by atoms with Crippen LogP contribution in [-0.2, 0) is 6.54 Å². The summed E-state index contributed by atoms with van der Waals surface area (Å²) in [6.45, 7) is 3.90. The molecule has 6 heteroatoms. The number of fused-ring (bicyclic) bond motifs is 1. The van der Waals surface area contributed by atoms with Crippen molar-refractivity contribution in [2.24, 2.45) is 0 Å². The number of hydroxylamine groups is 2. The lowest BCUT2D eigenvalue weighted by Gasteiger charge is -2.24. The first-order chi connectivity index (χ1) is 9.06. The summed E-state index contributed by atoms with van der Waals surface area (Å²) in [6.07, 6.45) is 0. The van der Waals surface area contributed by atoms with Gasteiger partial charge >= 0.3 is 6.03 Å². The van der Waals surface area contributed by atoms with Gasteiger partial charge in [0, 0.05) is 11.3 Å². The number of aromatic nitrogens is 1. The van der Waals surface area contributed by atoms with Crippen molar-refractivity contribution >= 4 is 11.7 Å². The first-order valence-corrected chi connectivity index (χ1v) is 5.90. The van der Waals surface area contributed by atoms with E-state index in [2.05, 4.69) is 10.5 Å². The molecule has 2 heterocycles. The van der Waals surface area contributed by atoms with Gasteiger partial charge in [-0.15, -0.1) is 0 Å². The van der Waals surface area contributed by atoms with Crippen molar-refractivity contribution in [3.05, 3.63) is 35.2 Å². The number of hydrogen-bond acceptors (Lipinski definition) is 4. The summed E-state index contributed by atoms with van der Waals surface area (Å²) < 4.78 is 5.15. The summed E-state index contributed by atoms with van der Waals surface area (Å²) in [7, 11) is 0. The van der Waals surface area contributed by atoms with E-state index in [9.17, 15) is 10.0 Å². The highest BCUT2D eigenvalue weighted by atomic mass is 16.5. The highest BCUT2D eigenvalue weighted by Crippen LogP contribution is 2.31. The number of nitrogens with zero attached hydrogens (tertiary/aromatic N) is 2. The van der Waals surface area contributed by atoms with Crippen LogP contribution in [0, 0.1) is 13.8 Å². The topological polar surface area (TPSA) is 78.6 Å². The van der Waals surface area contributed by atoms with E-state index in [1.165, 1.54) is 0 Å². The van der Waals surface area contributed by atoms with Crippen LogP contribution < -0.4 is 5.32 Å². The molecule has 0 saturated heterocycles. The molecule has 1 aromatic carbocycles. The molecule has 1 aliphatic rings. The molecule has 6 nitrogen and oxygen atoms in total. The number of aryl methyl sites for hydroxylation is 2. The van der Waals surface area contributed by atoms with Gasteiger partial charge in [-0.25, -0.2) is 9.86 Å². The number of hydrogen-bond donors (Lipinski definition) is 2. The molecule has 1 aliphatic heterocycles. The molecule has 0 fully saturated rings. The number of carbonyl (C=O) groups is 1. The third-order valence-electron chi connectivity index (χ3n) is 3.22. The van der Waals surface area contributed by atoms with E-state index < -0.39 is 6.03 Å². The molecule has 0 aliphatic carbocycles. The molecule has 0 bridgehead atoms. The highest BCUT2D eigenvalue weighted by molar-refractivity contribution is 5.92. The maximum atomic E-state index is 11.3. The van der Waals surface area contributed by atoms with Crippen molar-refractivity contribution in [1.29, 1.82) is 0 Å². The summed E-state index contributed by atoms with van der Waals surface area (Å²) in [5.41, 5.74) is 4.28. The lowest BCUT2D eigenvalue weighted by Crippen LogP contribution is -2.35. The molecule has 1 aromatic heterocycles. The van der Waals surface area contributed by atoms with Crippen molar-refractivity contribution in [3.63, 3.8) is 0 Å². The van der Waals surface area contributed by atoms with Crippen molar-refractivity contribution in [2.75, 3.05) is 5.32 Å². The number of nitrogens with one attached hydrogen (secondary N) is 1. The van der Waals surface area contributed by atoms with Gasteiger partial charge in [-0.2, -0.15) is 0 Å². The van der Waals surface area contributed by atoms with Gasteiger partial charge in [0.25, 0.3) is 0 Å². The average Bonchev–Trinajstić information content (AvgIpc) is 2.70. The quantitative estimate of drug-likeness (QED) is 0.772. The Hall–Kier alpha value is -2.34. The molecule has 0 unspecified atom stereocenters. The summed E-state index contributed by atoms with van der Waals surface area (Å²) in [5.74, 6) is 0.748. The van der Waals surface area contributed by atoms with E-state index in [0.29, 0.717) is 10.8 Å². The van der Waals surface area contributed by atoms with Gasteiger partial charge in [0.15, 0.2) is 0 Å². The highest BCUT2D eigenvalue weighted by Gasteiger charge is 2.22. The number of urea groups is 1. The van der Waals surface area contributed by atoms with Gasteiger partial charge in [0.2, 0.25) is 0 Å². The third-order valence-corrected chi connectivity index (χ3v) is 3.22. The smallest absolute Gasteiger partial charge is 0.345 e.